The quantitative estimate of drug-likeness (QED) is 0.522. The van der Waals surface area contributed by atoms with Crippen molar-refractivity contribution in [2.24, 2.45) is 5.92 Å². The summed E-state index contributed by atoms with van der Waals surface area (Å²) in [5.41, 5.74) is 0. The first-order valence-electron chi connectivity index (χ1n) is 5.78. The van der Waals surface area contributed by atoms with Crippen LogP contribution >= 0.6 is 0 Å². The second kappa shape index (κ2) is 4.79. The standard InChI is InChI=1S/C12H19NO2/c1-15-12(14)11-7-8-13(11)9-10-5-3-2-4-6-10/h2-3,10-11H,4-9H2,1H3. The lowest BCUT2D eigenvalue weighted by Crippen LogP contribution is -2.54. The maximum absolute atomic E-state index is 11.4. The van der Waals surface area contributed by atoms with Gasteiger partial charge in [0.05, 0.1) is 7.11 Å². The molecule has 0 radical (unpaired) electrons. The minimum Gasteiger partial charge on any atom is -0.468 e. The fourth-order valence-electron chi connectivity index (χ4n) is 2.42. The van der Waals surface area contributed by atoms with Crippen molar-refractivity contribution in [1.29, 1.82) is 0 Å². The average molecular weight is 209 g/mol. The maximum atomic E-state index is 11.4. The van der Waals surface area contributed by atoms with Crippen LogP contribution in [0.2, 0.25) is 0 Å². The summed E-state index contributed by atoms with van der Waals surface area (Å²) >= 11 is 0. The van der Waals surface area contributed by atoms with Crippen molar-refractivity contribution in [2.45, 2.75) is 31.7 Å². The summed E-state index contributed by atoms with van der Waals surface area (Å²) < 4.78 is 4.78. The molecule has 0 aromatic carbocycles. The topological polar surface area (TPSA) is 29.5 Å². The highest BCUT2D eigenvalue weighted by molar-refractivity contribution is 5.76. The Bertz CT molecular complexity index is 262. The molecule has 0 saturated carbocycles. The lowest BCUT2D eigenvalue weighted by atomic mass is 9.91. The van der Waals surface area contributed by atoms with E-state index in [9.17, 15) is 4.79 Å². The van der Waals surface area contributed by atoms with Gasteiger partial charge in [0.2, 0.25) is 0 Å². The highest BCUT2D eigenvalue weighted by atomic mass is 16.5. The summed E-state index contributed by atoms with van der Waals surface area (Å²) in [5, 5.41) is 0. The molecule has 0 aromatic rings. The molecular weight excluding hydrogens is 190 g/mol. The molecule has 3 heteroatoms. The minimum absolute atomic E-state index is 0.0425. The number of likely N-dealkylation sites (tertiary alicyclic amines) is 1. The third-order valence-electron chi connectivity index (χ3n) is 3.47. The fraction of sp³-hybridized carbons (Fsp3) is 0.750. The highest BCUT2D eigenvalue weighted by Gasteiger charge is 2.35. The Labute approximate surface area is 91.1 Å². The molecule has 2 rings (SSSR count). The molecule has 84 valence electrons. The largest absolute Gasteiger partial charge is 0.468 e. The van der Waals surface area contributed by atoms with Crippen LogP contribution in [0, 0.1) is 5.92 Å². The molecule has 0 spiro atoms. The van der Waals surface area contributed by atoms with Crippen LogP contribution in [0.25, 0.3) is 0 Å². The van der Waals surface area contributed by atoms with E-state index in [0.717, 1.165) is 25.4 Å². The molecule has 0 N–H and O–H groups in total. The molecule has 1 fully saturated rings. The summed E-state index contributed by atoms with van der Waals surface area (Å²) in [6.45, 7) is 2.12. The normalized spacial score (nSPS) is 31.0. The van der Waals surface area contributed by atoms with E-state index in [1.807, 2.05) is 0 Å². The Morgan fingerprint density at radius 3 is 2.87 bits per heavy atom. The lowest BCUT2D eigenvalue weighted by Gasteiger charge is -2.41. The van der Waals surface area contributed by atoms with Crippen LogP contribution in [0.1, 0.15) is 25.7 Å². The second-order valence-corrected chi connectivity index (χ2v) is 4.47. The number of esters is 1. The number of methoxy groups -OCH3 is 1. The van der Waals surface area contributed by atoms with Crippen molar-refractivity contribution in [3.8, 4) is 0 Å². The van der Waals surface area contributed by atoms with Gasteiger partial charge in [-0.25, -0.2) is 0 Å². The van der Waals surface area contributed by atoms with Crippen LogP contribution in [0.4, 0.5) is 0 Å². The summed E-state index contributed by atoms with van der Waals surface area (Å²) in [5.74, 6) is 0.676. The van der Waals surface area contributed by atoms with E-state index in [0.29, 0.717) is 0 Å². The first kappa shape index (κ1) is 10.7. The second-order valence-electron chi connectivity index (χ2n) is 4.47. The number of carbonyl (C=O) groups excluding carboxylic acids is 1. The van der Waals surface area contributed by atoms with Crippen molar-refractivity contribution in [3.05, 3.63) is 12.2 Å². The Morgan fingerprint density at radius 2 is 2.33 bits per heavy atom. The molecule has 0 bridgehead atoms. The molecule has 3 nitrogen and oxygen atoms in total. The number of ether oxygens (including phenoxy) is 1. The van der Waals surface area contributed by atoms with Crippen LogP contribution in [0.3, 0.4) is 0 Å². The Kier molecular flexibility index (Phi) is 3.41. The van der Waals surface area contributed by atoms with E-state index in [1.165, 1.54) is 26.4 Å². The van der Waals surface area contributed by atoms with Gasteiger partial charge in [-0.3, -0.25) is 9.69 Å². The molecule has 2 atom stereocenters. The van der Waals surface area contributed by atoms with Crippen molar-refractivity contribution in [3.63, 3.8) is 0 Å². The van der Waals surface area contributed by atoms with Gasteiger partial charge in [-0.1, -0.05) is 12.2 Å². The van der Waals surface area contributed by atoms with Crippen LogP contribution in [0.5, 0.6) is 0 Å². The van der Waals surface area contributed by atoms with Crippen molar-refractivity contribution in [1.82, 2.24) is 4.90 Å². The van der Waals surface area contributed by atoms with Gasteiger partial charge in [0.1, 0.15) is 6.04 Å². The average Bonchev–Trinajstić information content (AvgIpc) is 2.25. The predicted molar refractivity (Wildman–Crippen MR) is 58.5 cm³/mol. The fourth-order valence-corrected chi connectivity index (χ4v) is 2.42. The van der Waals surface area contributed by atoms with E-state index in [-0.39, 0.29) is 12.0 Å². The maximum Gasteiger partial charge on any atom is 0.323 e. The third kappa shape index (κ3) is 2.40. The van der Waals surface area contributed by atoms with Gasteiger partial charge >= 0.3 is 5.97 Å². The van der Waals surface area contributed by atoms with Crippen molar-refractivity contribution in [2.75, 3.05) is 20.2 Å². The van der Waals surface area contributed by atoms with Gasteiger partial charge in [0.25, 0.3) is 0 Å². The van der Waals surface area contributed by atoms with Crippen LogP contribution in [0.15, 0.2) is 12.2 Å². The Morgan fingerprint density at radius 1 is 1.47 bits per heavy atom. The van der Waals surface area contributed by atoms with E-state index in [1.54, 1.807) is 0 Å². The zero-order chi connectivity index (χ0) is 10.7. The molecule has 2 aliphatic rings. The van der Waals surface area contributed by atoms with Gasteiger partial charge in [-0.15, -0.1) is 0 Å². The SMILES string of the molecule is COC(=O)C1CCN1CC1CC=CCC1. The van der Waals surface area contributed by atoms with Gasteiger partial charge in [0, 0.05) is 13.1 Å². The van der Waals surface area contributed by atoms with E-state index in [2.05, 4.69) is 17.1 Å². The van der Waals surface area contributed by atoms with E-state index in [4.69, 9.17) is 4.74 Å². The number of allylic oxidation sites excluding steroid dienone is 2. The van der Waals surface area contributed by atoms with Gasteiger partial charge in [-0.2, -0.15) is 0 Å². The Hall–Kier alpha value is -0.830. The number of carbonyl (C=O) groups is 1. The van der Waals surface area contributed by atoms with Crippen LogP contribution in [-0.4, -0.2) is 37.1 Å². The molecular formula is C12H19NO2. The predicted octanol–water partition coefficient (Wildman–Crippen LogP) is 1.59. The molecule has 0 amide bonds. The molecule has 1 saturated heterocycles. The molecule has 0 aromatic heterocycles. The van der Waals surface area contributed by atoms with Crippen LogP contribution in [-0.2, 0) is 9.53 Å². The zero-order valence-corrected chi connectivity index (χ0v) is 9.32. The molecule has 1 aliphatic heterocycles. The number of hydrogen-bond donors (Lipinski definition) is 0. The first-order valence-corrected chi connectivity index (χ1v) is 5.78. The lowest BCUT2D eigenvalue weighted by molar-refractivity contribution is -0.152. The van der Waals surface area contributed by atoms with Crippen molar-refractivity contribution < 1.29 is 9.53 Å². The molecule has 2 unspecified atom stereocenters. The molecule has 1 heterocycles. The smallest absolute Gasteiger partial charge is 0.323 e. The monoisotopic (exact) mass is 209 g/mol. The van der Waals surface area contributed by atoms with Gasteiger partial charge in [-0.05, 0) is 31.6 Å². The first-order chi connectivity index (χ1) is 7.31. The van der Waals surface area contributed by atoms with Crippen molar-refractivity contribution >= 4 is 5.97 Å². The summed E-state index contributed by atoms with van der Waals surface area (Å²) in [7, 11) is 1.47. The van der Waals surface area contributed by atoms with Gasteiger partial charge in [0.15, 0.2) is 0 Å². The minimum atomic E-state index is -0.0624. The summed E-state index contributed by atoms with van der Waals surface area (Å²) in [4.78, 5) is 13.6. The van der Waals surface area contributed by atoms with E-state index >= 15 is 0 Å². The summed E-state index contributed by atoms with van der Waals surface area (Å²) in [6.07, 6.45) is 9.12. The molecule has 1 aliphatic carbocycles. The molecule has 15 heavy (non-hydrogen) atoms. The Balaban J connectivity index is 1.79. The number of rotatable bonds is 3. The highest BCUT2D eigenvalue weighted by Crippen LogP contribution is 2.25. The third-order valence-corrected chi connectivity index (χ3v) is 3.47. The number of nitrogens with zero attached hydrogens (tertiary/aromatic N) is 1. The van der Waals surface area contributed by atoms with Gasteiger partial charge < -0.3 is 4.74 Å². The van der Waals surface area contributed by atoms with Crippen LogP contribution < -0.4 is 0 Å². The summed E-state index contributed by atoms with van der Waals surface area (Å²) in [6, 6.07) is 0.0425. The zero-order valence-electron chi connectivity index (χ0n) is 9.32. The van der Waals surface area contributed by atoms with E-state index < -0.39 is 0 Å². The number of hydrogen-bond acceptors (Lipinski definition) is 3.